The molecular formula is C17H15F2NO2. The van der Waals surface area contributed by atoms with Crippen molar-refractivity contribution >= 4 is 0 Å². The Balaban J connectivity index is 2.62. The van der Waals surface area contributed by atoms with Crippen LogP contribution in [0.4, 0.5) is 8.78 Å². The van der Waals surface area contributed by atoms with Crippen LogP contribution in [-0.2, 0) is 6.54 Å². The van der Waals surface area contributed by atoms with Crippen LogP contribution >= 0.6 is 0 Å². The molecule has 3 nitrogen and oxygen atoms in total. The molecule has 2 aromatic rings. The molecule has 5 heteroatoms. The summed E-state index contributed by atoms with van der Waals surface area (Å²) in [5.74, 6) is 0.614. The average Bonchev–Trinajstić information content (AvgIpc) is 2.48. The maximum absolute atomic E-state index is 14.3. The molecule has 0 saturated carbocycles. The van der Waals surface area contributed by atoms with Gasteiger partial charge in [-0.1, -0.05) is 12.0 Å². The first kappa shape index (κ1) is 15.8. The molecule has 22 heavy (non-hydrogen) atoms. The number of hydrogen-bond donors (Lipinski definition) is 0. The van der Waals surface area contributed by atoms with Gasteiger partial charge in [-0.15, -0.1) is 6.42 Å². The summed E-state index contributed by atoms with van der Waals surface area (Å²) < 4.78 is 34.9. The third kappa shape index (κ3) is 2.86. The summed E-state index contributed by atoms with van der Waals surface area (Å²) >= 11 is 0. The molecule has 0 fully saturated rings. The molecule has 0 spiro atoms. The van der Waals surface area contributed by atoms with E-state index in [4.69, 9.17) is 11.2 Å². The number of aromatic nitrogens is 1. The number of halogens is 2. The highest BCUT2D eigenvalue weighted by Gasteiger charge is 2.17. The second-order valence-electron chi connectivity index (χ2n) is 4.71. The van der Waals surface area contributed by atoms with E-state index < -0.39 is 11.6 Å². The van der Waals surface area contributed by atoms with Gasteiger partial charge in [0.15, 0.2) is 0 Å². The number of ether oxygens (including phenoxy) is 1. The van der Waals surface area contributed by atoms with E-state index in [9.17, 15) is 13.6 Å². The Morgan fingerprint density at radius 3 is 2.45 bits per heavy atom. The van der Waals surface area contributed by atoms with E-state index in [0.29, 0.717) is 12.1 Å². The molecule has 1 aromatic heterocycles. The monoisotopic (exact) mass is 303 g/mol. The lowest BCUT2D eigenvalue weighted by Gasteiger charge is -2.14. The molecule has 2 rings (SSSR count). The number of hydrogen-bond acceptors (Lipinski definition) is 2. The fraction of sp³-hybridized carbons (Fsp3) is 0.235. The molecular weight excluding hydrogens is 288 g/mol. The molecule has 0 aliphatic carbocycles. The fourth-order valence-corrected chi connectivity index (χ4v) is 2.22. The standard InChI is InChI=1S/C17H15F2NO2/c1-4-8-22-12-9-13(18)16(14(19)10-12)15-7-6-11(3)17(21)20(15)5-2/h1,6-7,9-10H,5,8H2,2-3H3. The van der Waals surface area contributed by atoms with Gasteiger partial charge in [-0.05, 0) is 19.9 Å². The van der Waals surface area contributed by atoms with Gasteiger partial charge in [0.25, 0.3) is 5.56 Å². The van der Waals surface area contributed by atoms with Crippen molar-refractivity contribution in [3.63, 3.8) is 0 Å². The molecule has 1 heterocycles. The summed E-state index contributed by atoms with van der Waals surface area (Å²) in [6.07, 6.45) is 5.04. The second-order valence-corrected chi connectivity index (χ2v) is 4.71. The van der Waals surface area contributed by atoms with Crippen LogP contribution in [-0.4, -0.2) is 11.2 Å². The predicted octanol–water partition coefficient (Wildman–Crippen LogP) is 3.13. The predicted molar refractivity (Wildman–Crippen MR) is 80.8 cm³/mol. The smallest absolute Gasteiger partial charge is 0.253 e. The summed E-state index contributed by atoms with van der Waals surface area (Å²) in [4.78, 5) is 12.1. The van der Waals surface area contributed by atoms with Crippen molar-refractivity contribution in [3.8, 4) is 29.4 Å². The van der Waals surface area contributed by atoms with E-state index in [1.807, 2.05) is 0 Å². The molecule has 0 saturated heterocycles. The molecule has 0 N–H and O–H groups in total. The Bertz CT molecular complexity index is 780. The van der Waals surface area contributed by atoms with Crippen LogP contribution in [0, 0.1) is 30.9 Å². The zero-order chi connectivity index (χ0) is 16.3. The average molecular weight is 303 g/mol. The summed E-state index contributed by atoms with van der Waals surface area (Å²) in [6, 6.07) is 5.19. The quantitative estimate of drug-likeness (QED) is 0.813. The number of nitrogens with zero attached hydrogens (tertiary/aromatic N) is 1. The van der Waals surface area contributed by atoms with Gasteiger partial charge in [0, 0.05) is 24.2 Å². The Labute approximate surface area is 127 Å². The Morgan fingerprint density at radius 2 is 1.91 bits per heavy atom. The van der Waals surface area contributed by atoms with Gasteiger partial charge in [0.1, 0.15) is 24.0 Å². The third-order valence-corrected chi connectivity index (χ3v) is 3.27. The SMILES string of the molecule is C#CCOc1cc(F)c(-c2ccc(C)c(=O)n2CC)c(F)c1. The first-order valence-electron chi connectivity index (χ1n) is 6.75. The number of aryl methyl sites for hydroxylation is 1. The molecule has 114 valence electrons. The minimum absolute atomic E-state index is 0.00853. The fourth-order valence-electron chi connectivity index (χ4n) is 2.22. The van der Waals surface area contributed by atoms with Crippen molar-refractivity contribution in [2.75, 3.05) is 6.61 Å². The van der Waals surface area contributed by atoms with Gasteiger partial charge in [0.05, 0.1) is 11.3 Å². The number of pyridine rings is 1. The van der Waals surface area contributed by atoms with Gasteiger partial charge in [-0.2, -0.15) is 0 Å². The lowest BCUT2D eigenvalue weighted by molar-refractivity contribution is 0.365. The largest absolute Gasteiger partial charge is 0.481 e. The normalized spacial score (nSPS) is 10.3. The molecule has 0 unspecified atom stereocenters. The second kappa shape index (κ2) is 6.44. The van der Waals surface area contributed by atoms with Gasteiger partial charge < -0.3 is 9.30 Å². The van der Waals surface area contributed by atoms with E-state index >= 15 is 0 Å². The maximum Gasteiger partial charge on any atom is 0.253 e. The van der Waals surface area contributed by atoms with Gasteiger partial charge in [-0.25, -0.2) is 8.78 Å². The Morgan fingerprint density at radius 1 is 1.27 bits per heavy atom. The topological polar surface area (TPSA) is 31.2 Å². The number of benzene rings is 1. The molecule has 0 bridgehead atoms. The van der Waals surface area contributed by atoms with Crippen LogP contribution in [0.3, 0.4) is 0 Å². The van der Waals surface area contributed by atoms with E-state index in [-0.39, 0.29) is 29.2 Å². The van der Waals surface area contributed by atoms with Crippen LogP contribution in [0.25, 0.3) is 11.3 Å². The molecule has 0 atom stereocenters. The highest BCUT2D eigenvalue weighted by molar-refractivity contribution is 5.63. The minimum Gasteiger partial charge on any atom is -0.481 e. The molecule has 0 aliphatic rings. The van der Waals surface area contributed by atoms with E-state index in [2.05, 4.69) is 5.92 Å². The van der Waals surface area contributed by atoms with Crippen LogP contribution in [0.2, 0.25) is 0 Å². The summed E-state index contributed by atoms with van der Waals surface area (Å²) in [5.41, 5.74) is 0.176. The highest BCUT2D eigenvalue weighted by Crippen LogP contribution is 2.29. The van der Waals surface area contributed by atoms with Gasteiger partial charge >= 0.3 is 0 Å². The lowest BCUT2D eigenvalue weighted by atomic mass is 10.1. The van der Waals surface area contributed by atoms with Crippen molar-refractivity contribution in [1.82, 2.24) is 4.57 Å². The Hall–Kier alpha value is -2.61. The first-order chi connectivity index (χ1) is 10.5. The van der Waals surface area contributed by atoms with Crippen molar-refractivity contribution in [2.45, 2.75) is 20.4 Å². The number of terminal acetylenes is 1. The minimum atomic E-state index is -0.808. The van der Waals surface area contributed by atoms with Crippen LogP contribution in [0.5, 0.6) is 5.75 Å². The van der Waals surface area contributed by atoms with Crippen LogP contribution in [0.1, 0.15) is 12.5 Å². The van der Waals surface area contributed by atoms with E-state index in [1.54, 1.807) is 19.9 Å². The number of rotatable bonds is 4. The molecule has 1 aromatic carbocycles. The van der Waals surface area contributed by atoms with E-state index in [1.165, 1.54) is 10.6 Å². The summed E-state index contributed by atoms with van der Waals surface area (Å²) in [7, 11) is 0. The summed E-state index contributed by atoms with van der Waals surface area (Å²) in [6.45, 7) is 3.62. The first-order valence-corrected chi connectivity index (χ1v) is 6.75. The molecule has 0 radical (unpaired) electrons. The Kier molecular flexibility index (Phi) is 4.62. The van der Waals surface area contributed by atoms with Gasteiger partial charge in [-0.3, -0.25) is 4.79 Å². The van der Waals surface area contributed by atoms with Crippen molar-refractivity contribution < 1.29 is 13.5 Å². The van der Waals surface area contributed by atoms with Crippen LogP contribution in [0.15, 0.2) is 29.1 Å². The molecule has 0 amide bonds. The molecule has 0 aliphatic heterocycles. The van der Waals surface area contributed by atoms with Crippen LogP contribution < -0.4 is 10.3 Å². The van der Waals surface area contributed by atoms with Crippen molar-refractivity contribution in [2.24, 2.45) is 0 Å². The summed E-state index contributed by atoms with van der Waals surface area (Å²) in [5, 5.41) is 0. The maximum atomic E-state index is 14.3. The van der Waals surface area contributed by atoms with E-state index in [0.717, 1.165) is 12.1 Å². The zero-order valence-corrected chi connectivity index (χ0v) is 12.3. The highest BCUT2D eigenvalue weighted by atomic mass is 19.1. The zero-order valence-electron chi connectivity index (χ0n) is 12.3. The van der Waals surface area contributed by atoms with Gasteiger partial charge in [0.2, 0.25) is 0 Å². The van der Waals surface area contributed by atoms with Crippen molar-refractivity contribution in [1.29, 1.82) is 0 Å². The third-order valence-electron chi connectivity index (χ3n) is 3.27. The van der Waals surface area contributed by atoms with Crippen molar-refractivity contribution in [3.05, 3.63) is 51.8 Å². The lowest BCUT2D eigenvalue weighted by Crippen LogP contribution is -2.23.